The fraction of sp³-hybridized carbons (Fsp3) is 0.667. The maximum atomic E-state index is 5.37. The molecule has 2 heterocycles. The first-order valence-electron chi connectivity index (χ1n) is 5.86. The van der Waals surface area contributed by atoms with Gasteiger partial charge in [-0.1, -0.05) is 6.92 Å². The summed E-state index contributed by atoms with van der Waals surface area (Å²) < 4.78 is 5.37. The highest BCUT2D eigenvalue weighted by Crippen LogP contribution is 2.10. The first-order valence-corrected chi connectivity index (χ1v) is 5.86. The molecule has 1 aliphatic rings. The number of nitrogens with zero attached hydrogens (tertiary/aromatic N) is 1. The van der Waals surface area contributed by atoms with Gasteiger partial charge in [0.15, 0.2) is 0 Å². The van der Waals surface area contributed by atoms with Crippen molar-refractivity contribution in [2.45, 2.75) is 32.4 Å². The van der Waals surface area contributed by atoms with Crippen LogP contribution in [-0.2, 0) is 6.54 Å². The monoisotopic (exact) mass is 208 g/mol. The Morgan fingerprint density at radius 3 is 3.13 bits per heavy atom. The van der Waals surface area contributed by atoms with E-state index in [0.717, 1.165) is 25.4 Å². The molecule has 1 aliphatic heterocycles. The SMILES string of the molecule is CCN(Cc1ccco1)CC1CCCN1. The Balaban J connectivity index is 1.81. The summed E-state index contributed by atoms with van der Waals surface area (Å²) in [6, 6.07) is 4.68. The van der Waals surface area contributed by atoms with Crippen molar-refractivity contribution in [3.63, 3.8) is 0 Å². The van der Waals surface area contributed by atoms with Crippen molar-refractivity contribution in [3.05, 3.63) is 24.2 Å². The summed E-state index contributed by atoms with van der Waals surface area (Å²) in [6.45, 7) is 6.54. The van der Waals surface area contributed by atoms with E-state index in [4.69, 9.17) is 4.42 Å². The molecule has 0 aliphatic carbocycles. The summed E-state index contributed by atoms with van der Waals surface area (Å²) in [5, 5.41) is 3.53. The average molecular weight is 208 g/mol. The van der Waals surface area contributed by atoms with Gasteiger partial charge < -0.3 is 9.73 Å². The smallest absolute Gasteiger partial charge is 0.117 e. The van der Waals surface area contributed by atoms with E-state index in [2.05, 4.69) is 17.1 Å². The van der Waals surface area contributed by atoms with E-state index in [-0.39, 0.29) is 0 Å². The molecule has 1 N–H and O–H groups in total. The highest BCUT2D eigenvalue weighted by atomic mass is 16.3. The first kappa shape index (κ1) is 10.7. The molecule has 0 radical (unpaired) electrons. The fourth-order valence-corrected chi connectivity index (χ4v) is 2.15. The standard InChI is InChI=1S/C12H20N2O/c1-2-14(9-11-5-3-7-13-11)10-12-6-4-8-15-12/h4,6,8,11,13H,2-3,5,7,9-10H2,1H3. The van der Waals surface area contributed by atoms with Gasteiger partial charge in [0.1, 0.15) is 5.76 Å². The molecule has 3 heteroatoms. The number of hydrogen-bond donors (Lipinski definition) is 1. The highest BCUT2D eigenvalue weighted by Gasteiger charge is 2.17. The molecule has 1 saturated heterocycles. The first-order chi connectivity index (χ1) is 7.38. The molecule has 1 fully saturated rings. The van der Waals surface area contributed by atoms with Crippen LogP contribution in [0.25, 0.3) is 0 Å². The molecule has 84 valence electrons. The lowest BCUT2D eigenvalue weighted by Gasteiger charge is -2.23. The highest BCUT2D eigenvalue weighted by molar-refractivity contribution is 4.98. The summed E-state index contributed by atoms with van der Waals surface area (Å²) in [7, 11) is 0. The van der Waals surface area contributed by atoms with Crippen LogP contribution in [0.3, 0.4) is 0 Å². The summed E-state index contributed by atoms with van der Waals surface area (Å²) in [4.78, 5) is 2.43. The van der Waals surface area contributed by atoms with Gasteiger partial charge in [-0.3, -0.25) is 4.90 Å². The normalized spacial score (nSPS) is 21.3. The van der Waals surface area contributed by atoms with Crippen molar-refractivity contribution >= 4 is 0 Å². The van der Waals surface area contributed by atoms with Gasteiger partial charge in [0, 0.05) is 12.6 Å². The Labute approximate surface area is 91.4 Å². The van der Waals surface area contributed by atoms with Gasteiger partial charge in [0.2, 0.25) is 0 Å². The number of furan rings is 1. The third-order valence-electron chi connectivity index (χ3n) is 3.05. The molecule has 0 saturated carbocycles. The summed E-state index contributed by atoms with van der Waals surface area (Å²) in [5.41, 5.74) is 0. The number of likely N-dealkylation sites (N-methyl/N-ethyl adjacent to an activating group) is 1. The predicted octanol–water partition coefficient (Wildman–Crippen LogP) is 1.85. The Morgan fingerprint density at radius 2 is 2.53 bits per heavy atom. The molecule has 1 aromatic heterocycles. The summed E-state index contributed by atoms with van der Waals surface area (Å²) in [5.74, 6) is 1.06. The maximum Gasteiger partial charge on any atom is 0.117 e. The topological polar surface area (TPSA) is 28.4 Å². The van der Waals surface area contributed by atoms with Crippen LogP contribution in [0.4, 0.5) is 0 Å². The van der Waals surface area contributed by atoms with Gasteiger partial charge in [0.05, 0.1) is 12.8 Å². The Hall–Kier alpha value is -0.800. The average Bonchev–Trinajstić information content (AvgIpc) is 2.89. The van der Waals surface area contributed by atoms with Crippen molar-refractivity contribution in [2.24, 2.45) is 0 Å². The minimum absolute atomic E-state index is 0.680. The molecule has 15 heavy (non-hydrogen) atoms. The van der Waals surface area contributed by atoms with Crippen molar-refractivity contribution in [2.75, 3.05) is 19.6 Å². The molecular formula is C12H20N2O. The lowest BCUT2D eigenvalue weighted by Crippen LogP contribution is -2.37. The van der Waals surface area contributed by atoms with Crippen LogP contribution in [0.15, 0.2) is 22.8 Å². The quantitative estimate of drug-likeness (QED) is 0.800. The van der Waals surface area contributed by atoms with Crippen molar-refractivity contribution in [1.29, 1.82) is 0 Å². The largest absolute Gasteiger partial charge is 0.468 e. The van der Waals surface area contributed by atoms with Crippen LogP contribution in [0.2, 0.25) is 0 Å². The molecule has 1 unspecified atom stereocenters. The van der Waals surface area contributed by atoms with Crippen LogP contribution >= 0.6 is 0 Å². The maximum absolute atomic E-state index is 5.37. The van der Waals surface area contributed by atoms with Gasteiger partial charge >= 0.3 is 0 Å². The molecule has 0 amide bonds. The van der Waals surface area contributed by atoms with Crippen LogP contribution in [-0.4, -0.2) is 30.6 Å². The number of hydrogen-bond acceptors (Lipinski definition) is 3. The van der Waals surface area contributed by atoms with Gasteiger partial charge in [-0.05, 0) is 38.1 Å². The minimum Gasteiger partial charge on any atom is -0.468 e. The van der Waals surface area contributed by atoms with Gasteiger partial charge in [-0.2, -0.15) is 0 Å². The van der Waals surface area contributed by atoms with Gasteiger partial charge in [0.25, 0.3) is 0 Å². The lowest BCUT2D eigenvalue weighted by molar-refractivity contribution is 0.234. The van der Waals surface area contributed by atoms with Crippen molar-refractivity contribution in [1.82, 2.24) is 10.2 Å². The van der Waals surface area contributed by atoms with Gasteiger partial charge in [-0.25, -0.2) is 0 Å². The van der Waals surface area contributed by atoms with E-state index >= 15 is 0 Å². The molecule has 0 bridgehead atoms. The Morgan fingerprint density at radius 1 is 1.60 bits per heavy atom. The number of nitrogens with one attached hydrogen (secondary N) is 1. The Kier molecular flexibility index (Phi) is 3.80. The zero-order chi connectivity index (χ0) is 10.5. The third-order valence-corrected chi connectivity index (χ3v) is 3.05. The van der Waals surface area contributed by atoms with E-state index in [0.29, 0.717) is 6.04 Å². The Bertz CT molecular complexity index is 265. The van der Waals surface area contributed by atoms with Gasteiger partial charge in [-0.15, -0.1) is 0 Å². The van der Waals surface area contributed by atoms with Crippen LogP contribution in [0.5, 0.6) is 0 Å². The van der Waals surface area contributed by atoms with Crippen molar-refractivity contribution in [3.8, 4) is 0 Å². The van der Waals surface area contributed by atoms with E-state index in [1.165, 1.54) is 19.4 Å². The summed E-state index contributed by atoms with van der Waals surface area (Å²) >= 11 is 0. The van der Waals surface area contributed by atoms with Crippen LogP contribution in [0, 0.1) is 0 Å². The molecule has 3 nitrogen and oxygen atoms in total. The molecule has 1 atom stereocenters. The van der Waals surface area contributed by atoms with E-state index in [9.17, 15) is 0 Å². The van der Waals surface area contributed by atoms with Crippen molar-refractivity contribution < 1.29 is 4.42 Å². The van der Waals surface area contributed by atoms with E-state index < -0.39 is 0 Å². The van der Waals surface area contributed by atoms with Crippen LogP contribution < -0.4 is 5.32 Å². The molecular weight excluding hydrogens is 188 g/mol. The zero-order valence-corrected chi connectivity index (χ0v) is 9.41. The second-order valence-electron chi connectivity index (χ2n) is 4.20. The van der Waals surface area contributed by atoms with Crippen LogP contribution in [0.1, 0.15) is 25.5 Å². The third kappa shape index (κ3) is 3.08. The number of rotatable bonds is 5. The predicted molar refractivity (Wildman–Crippen MR) is 60.7 cm³/mol. The second-order valence-corrected chi connectivity index (χ2v) is 4.20. The molecule has 2 rings (SSSR count). The fourth-order valence-electron chi connectivity index (χ4n) is 2.15. The van der Waals surface area contributed by atoms with E-state index in [1.807, 2.05) is 12.1 Å². The lowest BCUT2D eigenvalue weighted by atomic mass is 10.2. The zero-order valence-electron chi connectivity index (χ0n) is 9.41. The minimum atomic E-state index is 0.680. The molecule has 0 aromatic carbocycles. The molecule has 0 spiro atoms. The summed E-state index contributed by atoms with van der Waals surface area (Å²) in [6.07, 6.45) is 4.38. The van der Waals surface area contributed by atoms with E-state index in [1.54, 1.807) is 6.26 Å². The molecule has 1 aromatic rings. The second kappa shape index (κ2) is 5.33.